The highest BCUT2D eigenvalue weighted by atomic mass is 16.6. The molecule has 0 saturated heterocycles. The average molecular weight is 709 g/mol. The summed E-state index contributed by atoms with van der Waals surface area (Å²) in [7, 11) is 0. The Hall–Kier alpha value is -1.59. The van der Waals surface area contributed by atoms with Gasteiger partial charge >= 0.3 is 17.9 Å². The quantitative estimate of drug-likeness (QED) is 0.0359. The molecule has 0 aliphatic rings. The molecular formula is C44H84O6. The molecule has 0 rings (SSSR count). The van der Waals surface area contributed by atoms with Crippen molar-refractivity contribution < 1.29 is 28.6 Å². The van der Waals surface area contributed by atoms with E-state index in [2.05, 4.69) is 27.7 Å². The molecule has 0 aromatic heterocycles. The molecule has 0 aromatic rings. The van der Waals surface area contributed by atoms with Gasteiger partial charge in [-0.05, 0) is 25.2 Å². The Morgan fingerprint density at radius 3 is 0.980 bits per heavy atom. The molecule has 50 heavy (non-hydrogen) atoms. The fourth-order valence-corrected chi connectivity index (χ4v) is 6.45. The molecular weight excluding hydrogens is 624 g/mol. The van der Waals surface area contributed by atoms with E-state index in [1.165, 1.54) is 135 Å². The van der Waals surface area contributed by atoms with Crippen LogP contribution in [0, 0.1) is 5.92 Å². The van der Waals surface area contributed by atoms with Gasteiger partial charge in [-0.1, -0.05) is 201 Å². The van der Waals surface area contributed by atoms with Gasteiger partial charge in [0.15, 0.2) is 6.10 Å². The molecule has 6 nitrogen and oxygen atoms in total. The Kier molecular flexibility index (Phi) is 37.4. The van der Waals surface area contributed by atoms with E-state index in [-0.39, 0.29) is 31.1 Å². The molecule has 0 radical (unpaired) electrons. The van der Waals surface area contributed by atoms with Gasteiger partial charge in [0.25, 0.3) is 0 Å². The second-order valence-corrected chi connectivity index (χ2v) is 15.5. The topological polar surface area (TPSA) is 78.9 Å². The van der Waals surface area contributed by atoms with Crippen LogP contribution in [0.2, 0.25) is 0 Å². The minimum Gasteiger partial charge on any atom is -0.462 e. The fourth-order valence-electron chi connectivity index (χ4n) is 6.45. The molecule has 0 aromatic carbocycles. The van der Waals surface area contributed by atoms with Crippen LogP contribution in [0.3, 0.4) is 0 Å². The van der Waals surface area contributed by atoms with E-state index in [0.717, 1.165) is 63.7 Å². The molecule has 0 heterocycles. The number of esters is 3. The zero-order valence-corrected chi connectivity index (χ0v) is 33.9. The van der Waals surface area contributed by atoms with E-state index in [1.54, 1.807) is 0 Å². The van der Waals surface area contributed by atoms with Crippen molar-refractivity contribution in [2.45, 2.75) is 246 Å². The van der Waals surface area contributed by atoms with Crippen LogP contribution in [0.15, 0.2) is 0 Å². The highest BCUT2D eigenvalue weighted by Crippen LogP contribution is 2.16. The van der Waals surface area contributed by atoms with Gasteiger partial charge in [0.2, 0.25) is 0 Å². The first-order valence-electron chi connectivity index (χ1n) is 21.9. The van der Waals surface area contributed by atoms with Gasteiger partial charge in [-0.2, -0.15) is 0 Å². The van der Waals surface area contributed by atoms with Crippen molar-refractivity contribution in [3.63, 3.8) is 0 Å². The van der Waals surface area contributed by atoms with Crippen LogP contribution in [0.4, 0.5) is 0 Å². The van der Waals surface area contributed by atoms with Gasteiger partial charge in [0.1, 0.15) is 13.2 Å². The van der Waals surface area contributed by atoms with Crippen LogP contribution in [0.25, 0.3) is 0 Å². The summed E-state index contributed by atoms with van der Waals surface area (Å²) in [5.74, 6) is -0.0257. The highest BCUT2D eigenvalue weighted by Gasteiger charge is 2.19. The Balaban J connectivity index is 4.21. The second kappa shape index (κ2) is 38.6. The van der Waals surface area contributed by atoms with E-state index in [0.29, 0.717) is 19.3 Å². The summed E-state index contributed by atoms with van der Waals surface area (Å²) in [6.45, 7) is 8.94. The third-order valence-corrected chi connectivity index (χ3v) is 9.79. The van der Waals surface area contributed by atoms with Crippen LogP contribution in [0.1, 0.15) is 240 Å². The summed E-state index contributed by atoms with van der Waals surface area (Å²) in [5, 5.41) is 0. The standard InChI is InChI=1S/C44H84O6/c1-5-7-9-11-13-19-25-29-33-37-44(47)50-41(38-48-42(45)35-31-27-22-12-10-8-6-2)39-49-43(46)36-32-28-24-21-18-16-14-15-17-20-23-26-30-34-40(3)4/h40-41H,5-39H2,1-4H3/t41-/m1/s1. The Morgan fingerprint density at radius 1 is 0.380 bits per heavy atom. The number of unbranched alkanes of at least 4 members (excludes halogenated alkanes) is 26. The summed E-state index contributed by atoms with van der Waals surface area (Å²) < 4.78 is 16.6. The molecule has 0 amide bonds. The van der Waals surface area contributed by atoms with Crippen molar-refractivity contribution in [2.75, 3.05) is 13.2 Å². The lowest BCUT2D eigenvalue weighted by Gasteiger charge is -2.18. The molecule has 0 spiro atoms. The number of carbonyl (C=O) groups excluding carboxylic acids is 3. The zero-order valence-electron chi connectivity index (χ0n) is 33.9. The third-order valence-electron chi connectivity index (χ3n) is 9.79. The maximum Gasteiger partial charge on any atom is 0.306 e. The van der Waals surface area contributed by atoms with Crippen molar-refractivity contribution in [3.05, 3.63) is 0 Å². The maximum absolute atomic E-state index is 12.6. The predicted molar refractivity (Wildman–Crippen MR) is 210 cm³/mol. The minimum atomic E-state index is -0.757. The van der Waals surface area contributed by atoms with Gasteiger partial charge < -0.3 is 14.2 Å². The first-order valence-corrected chi connectivity index (χ1v) is 21.9. The molecule has 0 aliphatic carbocycles. The minimum absolute atomic E-state index is 0.0645. The molecule has 0 N–H and O–H groups in total. The van der Waals surface area contributed by atoms with E-state index >= 15 is 0 Å². The van der Waals surface area contributed by atoms with Crippen molar-refractivity contribution in [3.8, 4) is 0 Å². The summed E-state index contributed by atoms with van der Waals surface area (Å²) in [5.41, 5.74) is 0. The zero-order chi connectivity index (χ0) is 36.8. The van der Waals surface area contributed by atoms with Gasteiger partial charge in [-0.25, -0.2) is 0 Å². The molecule has 1 atom stereocenters. The Morgan fingerprint density at radius 2 is 0.660 bits per heavy atom. The van der Waals surface area contributed by atoms with Gasteiger partial charge in [0.05, 0.1) is 0 Å². The third kappa shape index (κ3) is 37.7. The average Bonchev–Trinajstić information content (AvgIpc) is 3.09. The lowest BCUT2D eigenvalue weighted by atomic mass is 10.0. The van der Waals surface area contributed by atoms with E-state index in [4.69, 9.17) is 14.2 Å². The summed E-state index contributed by atoms with van der Waals surface area (Å²) >= 11 is 0. The van der Waals surface area contributed by atoms with Crippen molar-refractivity contribution in [2.24, 2.45) is 5.92 Å². The van der Waals surface area contributed by atoms with E-state index in [9.17, 15) is 14.4 Å². The number of hydrogen-bond acceptors (Lipinski definition) is 6. The number of carbonyl (C=O) groups is 3. The second-order valence-electron chi connectivity index (χ2n) is 15.5. The van der Waals surface area contributed by atoms with E-state index in [1.807, 2.05) is 0 Å². The largest absolute Gasteiger partial charge is 0.462 e. The normalized spacial score (nSPS) is 11.9. The van der Waals surface area contributed by atoms with Crippen LogP contribution >= 0.6 is 0 Å². The van der Waals surface area contributed by atoms with Crippen molar-refractivity contribution in [1.29, 1.82) is 0 Å². The van der Waals surface area contributed by atoms with Crippen LogP contribution in [0.5, 0.6) is 0 Å². The molecule has 0 saturated carbocycles. The molecule has 296 valence electrons. The number of hydrogen-bond donors (Lipinski definition) is 0. The lowest BCUT2D eigenvalue weighted by molar-refractivity contribution is -0.167. The van der Waals surface area contributed by atoms with Crippen molar-refractivity contribution >= 4 is 17.9 Å². The SMILES string of the molecule is CCCCCCCCCCCC(=O)O[C@H](COC(=O)CCCCCCCCC)COC(=O)CCCCCCCCCCCCCCCC(C)C. The van der Waals surface area contributed by atoms with Crippen molar-refractivity contribution in [1.82, 2.24) is 0 Å². The van der Waals surface area contributed by atoms with Gasteiger partial charge in [-0.3, -0.25) is 14.4 Å². The highest BCUT2D eigenvalue weighted by molar-refractivity contribution is 5.71. The Bertz CT molecular complexity index is 751. The summed E-state index contributed by atoms with van der Waals surface area (Å²) in [6, 6.07) is 0. The van der Waals surface area contributed by atoms with Crippen LogP contribution in [-0.2, 0) is 28.6 Å². The molecule has 0 aliphatic heterocycles. The predicted octanol–water partition coefficient (Wildman–Crippen LogP) is 13.6. The summed E-state index contributed by atoms with van der Waals surface area (Å²) in [6.07, 6.45) is 36.7. The first-order chi connectivity index (χ1) is 24.4. The van der Waals surface area contributed by atoms with Gasteiger partial charge in [0, 0.05) is 19.3 Å². The molecule has 0 bridgehead atoms. The fraction of sp³-hybridized carbons (Fsp3) is 0.932. The molecule has 0 fully saturated rings. The van der Waals surface area contributed by atoms with Crippen LogP contribution < -0.4 is 0 Å². The number of ether oxygens (including phenoxy) is 3. The maximum atomic E-state index is 12.6. The molecule has 0 unspecified atom stereocenters. The monoisotopic (exact) mass is 709 g/mol. The first kappa shape index (κ1) is 48.4. The van der Waals surface area contributed by atoms with Crippen LogP contribution in [-0.4, -0.2) is 37.2 Å². The smallest absolute Gasteiger partial charge is 0.306 e. The van der Waals surface area contributed by atoms with Gasteiger partial charge in [-0.15, -0.1) is 0 Å². The number of rotatable bonds is 39. The summed E-state index contributed by atoms with van der Waals surface area (Å²) in [4.78, 5) is 37.4. The lowest BCUT2D eigenvalue weighted by Crippen LogP contribution is -2.30. The Labute approximate surface area is 310 Å². The van der Waals surface area contributed by atoms with E-state index < -0.39 is 6.10 Å². The molecule has 6 heteroatoms.